The summed E-state index contributed by atoms with van der Waals surface area (Å²) in [6.45, 7) is 28.4. The molecule has 1 atom stereocenters. The highest BCUT2D eigenvalue weighted by molar-refractivity contribution is 7.80. The van der Waals surface area contributed by atoms with Gasteiger partial charge in [-0.25, -0.2) is 0 Å². The zero-order chi connectivity index (χ0) is 34.3. The second-order valence-corrected chi connectivity index (χ2v) is 20.8. The summed E-state index contributed by atoms with van der Waals surface area (Å²) in [6.07, 6.45) is 4.51. The standard InChI is InChI=1S/C45H58NP/c1-41(2,3)31-23-32(42(4,5)6)26-35(25-31)47(36-27-33(43(7,8)9)24-34(28-36)44(10,11)12)38-18-14-16-30-20-22-45(40(30)38)21-19-29-15-13-17-37(46)39(29)45/h13-18,23-28H,19-22,46H2,1-12H3/t45-/m1/s1. The monoisotopic (exact) mass is 643 g/mol. The number of hydrogen-bond donors (Lipinski definition) is 1. The maximum Gasteiger partial charge on any atom is 0.0358 e. The predicted octanol–water partition coefficient (Wildman–Crippen LogP) is 10.4. The third-order valence-corrected chi connectivity index (χ3v) is 13.4. The first-order valence-corrected chi connectivity index (χ1v) is 19.2. The molecule has 2 N–H and O–H groups in total. The Labute approximate surface area is 287 Å². The van der Waals surface area contributed by atoms with Crippen LogP contribution in [0.4, 0.5) is 5.69 Å². The summed E-state index contributed by atoms with van der Waals surface area (Å²) in [5, 5.41) is 4.47. The molecular formula is C45H58NP. The van der Waals surface area contributed by atoms with Gasteiger partial charge in [0, 0.05) is 11.1 Å². The Balaban J connectivity index is 1.73. The molecule has 2 aliphatic rings. The van der Waals surface area contributed by atoms with Crippen molar-refractivity contribution in [1.29, 1.82) is 0 Å². The van der Waals surface area contributed by atoms with Crippen LogP contribution in [0.2, 0.25) is 0 Å². The lowest BCUT2D eigenvalue weighted by atomic mass is 9.76. The summed E-state index contributed by atoms with van der Waals surface area (Å²) >= 11 is 0. The van der Waals surface area contributed by atoms with Crippen LogP contribution in [0.5, 0.6) is 0 Å². The Morgan fingerprint density at radius 3 is 1.30 bits per heavy atom. The highest BCUT2D eigenvalue weighted by Gasteiger charge is 2.48. The van der Waals surface area contributed by atoms with Crippen molar-refractivity contribution < 1.29 is 0 Å². The van der Waals surface area contributed by atoms with Gasteiger partial charge in [0.25, 0.3) is 0 Å². The number of rotatable bonds is 3. The SMILES string of the molecule is CC(C)(C)c1cc(P(c2cc(C(C)(C)C)cc(C(C)(C)C)c2)c2cccc3c2[C@]2(CCc4cccc(N)c42)CC3)cc(C(C)(C)C)c1. The van der Waals surface area contributed by atoms with Crippen molar-refractivity contribution in [3.8, 4) is 0 Å². The van der Waals surface area contributed by atoms with Crippen LogP contribution < -0.4 is 21.6 Å². The Hall–Kier alpha value is -2.89. The molecule has 2 aliphatic carbocycles. The van der Waals surface area contributed by atoms with Crippen LogP contribution in [0.3, 0.4) is 0 Å². The van der Waals surface area contributed by atoms with E-state index in [2.05, 4.69) is 156 Å². The van der Waals surface area contributed by atoms with Gasteiger partial charge in [-0.05, 0) is 122 Å². The minimum Gasteiger partial charge on any atom is -0.398 e. The van der Waals surface area contributed by atoms with Gasteiger partial charge in [0.1, 0.15) is 0 Å². The molecular weight excluding hydrogens is 585 g/mol. The van der Waals surface area contributed by atoms with Crippen LogP contribution in [-0.2, 0) is 39.9 Å². The van der Waals surface area contributed by atoms with Gasteiger partial charge in [0.05, 0.1) is 0 Å². The van der Waals surface area contributed by atoms with Gasteiger partial charge in [-0.2, -0.15) is 0 Å². The van der Waals surface area contributed by atoms with E-state index in [4.69, 9.17) is 5.73 Å². The first kappa shape index (κ1) is 34.0. The van der Waals surface area contributed by atoms with Crippen molar-refractivity contribution in [2.24, 2.45) is 0 Å². The molecule has 0 fully saturated rings. The largest absolute Gasteiger partial charge is 0.398 e. The molecule has 4 aromatic carbocycles. The van der Waals surface area contributed by atoms with Crippen molar-refractivity contribution in [2.45, 2.75) is 136 Å². The summed E-state index contributed by atoms with van der Waals surface area (Å²) in [5.41, 5.74) is 19.7. The maximum absolute atomic E-state index is 6.91. The van der Waals surface area contributed by atoms with E-state index in [-0.39, 0.29) is 27.1 Å². The van der Waals surface area contributed by atoms with Crippen molar-refractivity contribution >= 4 is 29.5 Å². The molecule has 0 saturated carbocycles. The quantitative estimate of drug-likeness (QED) is 0.174. The van der Waals surface area contributed by atoms with Gasteiger partial charge in [0.2, 0.25) is 0 Å². The van der Waals surface area contributed by atoms with Gasteiger partial charge in [-0.1, -0.05) is 150 Å². The first-order valence-electron chi connectivity index (χ1n) is 17.8. The zero-order valence-corrected chi connectivity index (χ0v) is 32.2. The summed E-state index contributed by atoms with van der Waals surface area (Å²) < 4.78 is 0. The zero-order valence-electron chi connectivity index (χ0n) is 31.3. The fourth-order valence-electron chi connectivity index (χ4n) is 8.03. The normalized spacial score (nSPS) is 18.2. The lowest BCUT2D eigenvalue weighted by Gasteiger charge is -2.35. The molecule has 0 saturated heterocycles. The van der Waals surface area contributed by atoms with Gasteiger partial charge in [-0.15, -0.1) is 0 Å². The Kier molecular flexibility index (Phi) is 8.20. The van der Waals surface area contributed by atoms with Gasteiger partial charge < -0.3 is 5.73 Å². The summed E-state index contributed by atoms with van der Waals surface area (Å²) in [6, 6.07) is 29.1. The number of fused-ring (bicyclic) bond motifs is 4. The third kappa shape index (κ3) is 6.12. The van der Waals surface area contributed by atoms with Crippen LogP contribution in [0.15, 0.2) is 72.8 Å². The van der Waals surface area contributed by atoms with E-state index >= 15 is 0 Å². The first-order chi connectivity index (χ1) is 21.7. The lowest BCUT2D eigenvalue weighted by molar-refractivity contribution is 0.511. The Morgan fingerprint density at radius 1 is 0.511 bits per heavy atom. The summed E-state index contributed by atoms with van der Waals surface area (Å²) in [4.78, 5) is 0. The lowest BCUT2D eigenvalue weighted by Crippen LogP contribution is -2.33. The van der Waals surface area contributed by atoms with Crippen LogP contribution in [0.1, 0.15) is 140 Å². The average Bonchev–Trinajstić information content (AvgIpc) is 3.53. The molecule has 0 aromatic heterocycles. The molecule has 4 aromatic rings. The van der Waals surface area contributed by atoms with Crippen molar-refractivity contribution in [2.75, 3.05) is 5.73 Å². The number of anilines is 1. The highest BCUT2D eigenvalue weighted by Crippen LogP contribution is 2.56. The van der Waals surface area contributed by atoms with Crippen LogP contribution in [0, 0.1) is 0 Å². The molecule has 1 spiro atoms. The summed E-state index contributed by atoms with van der Waals surface area (Å²) in [7, 11) is -0.884. The molecule has 1 nitrogen and oxygen atoms in total. The molecule has 2 heteroatoms. The number of nitrogen functional groups attached to an aromatic ring is 1. The second-order valence-electron chi connectivity index (χ2n) is 18.6. The molecule has 0 heterocycles. The van der Waals surface area contributed by atoms with Crippen LogP contribution in [-0.4, -0.2) is 0 Å². The number of nitrogens with two attached hydrogens (primary N) is 1. The molecule has 0 bridgehead atoms. The van der Waals surface area contributed by atoms with E-state index in [0.717, 1.165) is 31.4 Å². The molecule has 248 valence electrons. The number of hydrogen-bond acceptors (Lipinski definition) is 1. The molecule has 0 unspecified atom stereocenters. The molecule has 47 heavy (non-hydrogen) atoms. The van der Waals surface area contributed by atoms with Gasteiger partial charge in [0.15, 0.2) is 0 Å². The average molecular weight is 644 g/mol. The Bertz CT molecular complexity index is 1690. The van der Waals surface area contributed by atoms with Crippen molar-refractivity contribution in [3.05, 3.63) is 117 Å². The van der Waals surface area contributed by atoms with Crippen molar-refractivity contribution in [1.82, 2.24) is 0 Å². The minimum atomic E-state index is -0.884. The van der Waals surface area contributed by atoms with Crippen LogP contribution in [0.25, 0.3) is 0 Å². The fraction of sp³-hybridized carbons (Fsp3) is 0.467. The minimum absolute atomic E-state index is 0.0177. The smallest absolute Gasteiger partial charge is 0.0358 e. The van der Waals surface area contributed by atoms with Gasteiger partial charge in [-0.3, -0.25) is 0 Å². The van der Waals surface area contributed by atoms with Crippen molar-refractivity contribution in [3.63, 3.8) is 0 Å². The summed E-state index contributed by atoms with van der Waals surface area (Å²) in [5.74, 6) is 0. The second kappa shape index (κ2) is 11.3. The third-order valence-electron chi connectivity index (χ3n) is 11.0. The van der Waals surface area contributed by atoms with E-state index in [1.807, 2.05) is 0 Å². The fourth-order valence-corrected chi connectivity index (χ4v) is 10.8. The van der Waals surface area contributed by atoms with Crippen LogP contribution >= 0.6 is 7.92 Å². The Morgan fingerprint density at radius 2 is 0.894 bits per heavy atom. The predicted molar refractivity (Wildman–Crippen MR) is 208 cm³/mol. The molecule has 0 aliphatic heterocycles. The number of aryl methyl sites for hydroxylation is 2. The maximum atomic E-state index is 6.91. The van der Waals surface area contributed by atoms with E-state index < -0.39 is 7.92 Å². The van der Waals surface area contributed by atoms with E-state index in [1.165, 1.54) is 54.9 Å². The number of benzene rings is 4. The topological polar surface area (TPSA) is 26.0 Å². The van der Waals surface area contributed by atoms with E-state index in [0.29, 0.717) is 0 Å². The molecule has 6 rings (SSSR count). The highest BCUT2D eigenvalue weighted by atomic mass is 31.1. The van der Waals surface area contributed by atoms with Gasteiger partial charge >= 0.3 is 0 Å². The van der Waals surface area contributed by atoms with E-state index in [9.17, 15) is 0 Å². The molecule has 0 amide bonds. The molecule has 0 radical (unpaired) electrons. The van der Waals surface area contributed by atoms with E-state index in [1.54, 1.807) is 5.56 Å².